The molecule has 0 aliphatic rings. The van der Waals surface area contributed by atoms with Crippen molar-refractivity contribution in [2.24, 2.45) is 0 Å². The molecule has 1 unspecified atom stereocenters. The van der Waals surface area contributed by atoms with E-state index in [0.717, 1.165) is 26.0 Å². The van der Waals surface area contributed by atoms with Crippen LogP contribution >= 0.6 is 63.1 Å². The number of nitrogens with zero attached hydrogens (tertiary/aromatic N) is 4. The fourth-order valence-corrected chi connectivity index (χ4v) is 6.35. The van der Waals surface area contributed by atoms with Gasteiger partial charge in [-0.25, -0.2) is 23.7 Å². The van der Waals surface area contributed by atoms with Crippen LogP contribution in [0.4, 0.5) is 20.2 Å². The Balaban J connectivity index is 0.00000141. The predicted octanol–water partition coefficient (Wildman–Crippen LogP) is 8.74. The molecule has 170 valence electrons. The van der Waals surface area contributed by atoms with Crippen molar-refractivity contribution in [2.75, 3.05) is 11.6 Å². The molecule has 0 saturated carbocycles. The molecule has 32 heavy (non-hydrogen) atoms. The summed E-state index contributed by atoms with van der Waals surface area (Å²) in [5.41, 5.74) is 3.09. The Morgan fingerprint density at radius 2 is 1.97 bits per heavy atom. The number of pyridine rings is 1. The first-order valence-corrected chi connectivity index (χ1v) is 16.0. The molecular formula is C20H20ClF2IN5PS2. The highest BCUT2D eigenvalue weighted by atomic mass is 127. The molecule has 4 aromatic rings. The van der Waals surface area contributed by atoms with Crippen LogP contribution in [-0.4, -0.2) is 25.5 Å². The molecule has 1 N–H and O–H groups in total. The van der Waals surface area contributed by atoms with Gasteiger partial charge in [0.05, 0.1) is 17.7 Å². The molecule has 3 aromatic heterocycles. The Kier molecular flexibility index (Phi) is 9.08. The summed E-state index contributed by atoms with van der Waals surface area (Å²) in [5.74, 6) is -0.310. The van der Waals surface area contributed by atoms with Crippen molar-refractivity contribution in [1.82, 2.24) is 19.3 Å². The summed E-state index contributed by atoms with van der Waals surface area (Å²) < 4.78 is 28.3. The van der Waals surface area contributed by atoms with Gasteiger partial charge in [0.1, 0.15) is 15.7 Å². The van der Waals surface area contributed by atoms with E-state index in [0.29, 0.717) is 16.9 Å². The number of rotatable bonds is 6. The highest BCUT2D eigenvalue weighted by Gasteiger charge is 2.22. The molecule has 0 radical (unpaired) electrons. The number of hydrogen-bond acceptors (Lipinski definition) is 6. The third-order valence-electron chi connectivity index (χ3n) is 4.23. The average Bonchev–Trinajstić information content (AvgIpc) is 3.39. The molecule has 3 heterocycles. The first-order chi connectivity index (χ1) is 15.4. The van der Waals surface area contributed by atoms with E-state index in [9.17, 15) is 8.78 Å². The number of halogens is 4. The van der Waals surface area contributed by atoms with Gasteiger partial charge in [-0.1, -0.05) is 25.4 Å². The average molecular weight is 626 g/mol. The summed E-state index contributed by atoms with van der Waals surface area (Å²) in [5, 5.41) is 4.47. The Hall–Kier alpha value is -1.07. The number of benzene rings is 1. The molecule has 0 aliphatic heterocycles. The lowest BCUT2D eigenvalue weighted by molar-refractivity contribution is 0.140. The number of thioether (sulfide) groups is 1. The van der Waals surface area contributed by atoms with Gasteiger partial charge in [0.2, 0.25) is 0 Å². The first-order valence-electron chi connectivity index (χ1n) is 9.52. The van der Waals surface area contributed by atoms with Crippen LogP contribution in [0, 0.1) is 6.92 Å². The molecule has 0 fully saturated rings. The van der Waals surface area contributed by atoms with E-state index in [1.807, 2.05) is 67.4 Å². The van der Waals surface area contributed by atoms with E-state index < -0.39 is 6.43 Å². The summed E-state index contributed by atoms with van der Waals surface area (Å²) in [6.07, 6.45) is 1.16. The van der Waals surface area contributed by atoms with Crippen LogP contribution in [0.3, 0.4) is 0 Å². The molecule has 0 saturated heterocycles. The van der Waals surface area contributed by atoms with E-state index in [4.69, 9.17) is 11.6 Å². The van der Waals surface area contributed by atoms with Gasteiger partial charge in [0.15, 0.2) is 11.5 Å². The Morgan fingerprint density at radius 3 is 2.56 bits per heavy atom. The van der Waals surface area contributed by atoms with Crippen molar-refractivity contribution in [3.05, 3.63) is 46.3 Å². The monoisotopic (exact) mass is 625 g/mol. The highest BCUT2D eigenvalue weighted by Crippen LogP contribution is 2.40. The molecule has 1 aromatic carbocycles. The smallest absolute Gasteiger partial charge is 0.295 e. The standard InChI is InChI=1S/C18H14ClF2IN5PS2.C2H6/c1-8-7-23-18(30-8)9-3-4-10(12(5-9)29-2)24-11-6-13(19)25-16-14(11)26-17(15(20)21)27(16)28-22;1-2/h3-7,15,28H,1-2H3,(H,24,25);1-2H3. The van der Waals surface area contributed by atoms with Gasteiger partial charge in [0.25, 0.3) is 6.43 Å². The van der Waals surface area contributed by atoms with E-state index in [2.05, 4.69) is 26.3 Å². The Labute approximate surface area is 213 Å². The van der Waals surface area contributed by atoms with Crippen LogP contribution in [0.15, 0.2) is 35.4 Å². The summed E-state index contributed by atoms with van der Waals surface area (Å²) in [6, 6.07) is 7.59. The van der Waals surface area contributed by atoms with Crippen molar-refractivity contribution in [2.45, 2.75) is 32.1 Å². The molecule has 5 nitrogen and oxygen atoms in total. The van der Waals surface area contributed by atoms with Gasteiger partial charge < -0.3 is 5.32 Å². The maximum atomic E-state index is 13.5. The fourth-order valence-electron chi connectivity index (χ4n) is 2.92. The third-order valence-corrected chi connectivity index (χ3v) is 8.22. The highest BCUT2D eigenvalue weighted by molar-refractivity contribution is 14.2. The van der Waals surface area contributed by atoms with Crippen molar-refractivity contribution in [3.8, 4) is 10.6 Å². The number of anilines is 2. The SMILES string of the molecule is CC.CSc1cc(-c2ncc(C)s2)ccc1Nc1cc(Cl)nc2c1nc(C(F)F)n2PI. The minimum Gasteiger partial charge on any atom is -0.353 e. The van der Waals surface area contributed by atoms with E-state index in [1.165, 1.54) is 4.34 Å². The minimum absolute atomic E-state index is 0.0278. The molecule has 12 heteroatoms. The van der Waals surface area contributed by atoms with Gasteiger partial charge in [-0.3, -0.25) is 4.34 Å². The van der Waals surface area contributed by atoms with Gasteiger partial charge in [0, 0.05) is 27.6 Å². The van der Waals surface area contributed by atoms with E-state index in [1.54, 1.807) is 29.2 Å². The zero-order valence-corrected chi connectivity index (χ0v) is 23.1. The van der Waals surface area contributed by atoms with Crippen molar-refractivity contribution < 1.29 is 8.78 Å². The molecule has 0 aliphatic carbocycles. The first kappa shape index (κ1) is 25.6. The van der Waals surface area contributed by atoms with Gasteiger partial charge in [-0.2, -0.15) is 0 Å². The van der Waals surface area contributed by atoms with Crippen LogP contribution in [-0.2, 0) is 0 Å². The van der Waals surface area contributed by atoms with Crippen molar-refractivity contribution in [1.29, 1.82) is 0 Å². The quantitative estimate of drug-likeness (QED) is 0.101. The lowest BCUT2D eigenvalue weighted by Gasteiger charge is -2.13. The number of aromatic nitrogens is 4. The lowest BCUT2D eigenvalue weighted by Crippen LogP contribution is -1.96. The van der Waals surface area contributed by atoms with Gasteiger partial charge >= 0.3 is 0 Å². The zero-order valence-electron chi connectivity index (χ0n) is 17.6. The summed E-state index contributed by atoms with van der Waals surface area (Å²) in [4.78, 5) is 15.0. The van der Waals surface area contributed by atoms with Crippen LogP contribution < -0.4 is 5.32 Å². The largest absolute Gasteiger partial charge is 0.353 e. The summed E-state index contributed by atoms with van der Waals surface area (Å²) in [6.45, 7) is 6.02. The second kappa shape index (κ2) is 11.4. The second-order valence-corrected chi connectivity index (χ2v) is 10.7. The van der Waals surface area contributed by atoms with Gasteiger partial charge in [-0.15, -0.1) is 23.1 Å². The Bertz CT molecular complexity index is 1230. The van der Waals surface area contributed by atoms with E-state index in [-0.39, 0.29) is 17.4 Å². The molecule has 4 rings (SSSR count). The molecule has 0 bridgehead atoms. The summed E-state index contributed by atoms with van der Waals surface area (Å²) >= 11 is 11.4. The lowest BCUT2D eigenvalue weighted by atomic mass is 10.2. The number of imidazole rings is 1. The maximum Gasteiger partial charge on any atom is 0.295 e. The molecular weight excluding hydrogens is 606 g/mol. The zero-order chi connectivity index (χ0) is 23.4. The van der Waals surface area contributed by atoms with Crippen LogP contribution in [0.1, 0.15) is 31.0 Å². The molecule has 0 amide bonds. The van der Waals surface area contributed by atoms with E-state index >= 15 is 0 Å². The van der Waals surface area contributed by atoms with Crippen LogP contribution in [0.2, 0.25) is 5.15 Å². The Morgan fingerprint density at radius 1 is 1.22 bits per heavy atom. The van der Waals surface area contributed by atoms with Crippen molar-refractivity contribution >= 4 is 85.7 Å². The topological polar surface area (TPSA) is 55.6 Å². The maximum absolute atomic E-state index is 13.5. The fraction of sp³-hybridized carbons (Fsp3) is 0.250. The minimum atomic E-state index is -2.70. The van der Waals surface area contributed by atoms with Crippen molar-refractivity contribution in [3.63, 3.8) is 0 Å². The van der Waals surface area contributed by atoms with Gasteiger partial charge in [-0.05, 0) is 53.4 Å². The third kappa shape index (κ3) is 5.35. The molecule has 0 spiro atoms. The predicted molar refractivity (Wildman–Crippen MR) is 144 cm³/mol. The number of fused-ring (bicyclic) bond motifs is 1. The summed E-state index contributed by atoms with van der Waals surface area (Å²) in [7, 11) is 0. The number of thiazole rings is 1. The number of alkyl halides is 2. The second-order valence-electron chi connectivity index (χ2n) is 6.17. The number of aryl methyl sites for hydroxylation is 1. The number of hydrogen-bond donors (Lipinski definition) is 1. The van der Waals surface area contributed by atoms with Crippen LogP contribution in [0.25, 0.3) is 21.7 Å². The molecule has 1 atom stereocenters. The van der Waals surface area contributed by atoms with Crippen LogP contribution in [0.5, 0.6) is 0 Å². The normalized spacial score (nSPS) is 11.4. The number of nitrogens with one attached hydrogen (secondary N) is 1.